The van der Waals surface area contributed by atoms with Crippen molar-refractivity contribution in [3.8, 4) is 0 Å². The molecule has 0 saturated carbocycles. The minimum absolute atomic E-state index is 0.0167. The van der Waals surface area contributed by atoms with Gasteiger partial charge in [-0.2, -0.15) is 0 Å². The second kappa shape index (κ2) is 13.0. The molecule has 0 radical (unpaired) electrons. The number of anilines is 1. The number of hydrogen-bond acceptors (Lipinski definition) is 7. The van der Waals surface area contributed by atoms with E-state index in [1.807, 2.05) is 69.3 Å². The fourth-order valence-corrected chi connectivity index (χ4v) is 4.75. The molecule has 0 heterocycles. The molecule has 3 rings (SSSR count). The molecule has 0 aromatic heterocycles. The van der Waals surface area contributed by atoms with Gasteiger partial charge in [0.05, 0.1) is 24.5 Å². The van der Waals surface area contributed by atoms with E-state index < -0.39 is 21.7 Å². The molecule has 1 amide bonds. The van der Waals surface area contributed by atoms with Gasteiger partial charge in [0.1, 0.15) is 5.69 Å². The summed E-state index contributed by atoms with van der Waals surface area (Å²) in [5.74, 6) is -0.0474. The van der Waals surface area contributed by atoms with Crippen LogP contribution in [0.15, 0.2) is 71.9 Å². The van der Waals surface area contributed by atoms with Crippen LogP contribution in [0, 0.1) is 11.8 Å². The van der Waals surface area contributed by atoms with Crippen LogP contribution in [0.3, 0.4) is 0 Å². The van der Waals surface area contributed by atoms with Crippen LogP contribution >= 0.6 is 0 Å². The minimum atomic E-state index is -3.62. The first-order valence-electron chi connectivity index (χ1n) is 12.6. The van der Waals surface area contributed by atoms with E-state index in [1.165, 1.54) is 23.8 Å². The number of aliphatic hydroxyl groups excluding tert-OH is 1. The number of amides is 1. The lowest BCUT2D eigenvalue weighted by molar-refractivity contribution is -0.120. The number of nitroso groups, excluding NO2 is 1. The third kappa shape index (κ3) is 9.90. The van der Waals surface area contributed by atoms with Gasteiger partial charge < -0.3 is 15.7 Å². The Hall–Kier alpha value is -3.60. The predicted molar refractivity (Wildman–Crippen MR) is 154 cm³/mol. The van der Waals surface area contributed by atoms with Crippen molar-refractivity contribution in [1.29, 1.82) is 0 Å². The molecule has 0 fully saturated rings. The van der Waals surface area contributed by atoms with Gasteiger partial charge >= 0.3 is 0 Å². The van der Waals surface area contributed by atoms with E-state index in [4.69, 9.17) is 0 Å². The van der Waals surface area contributed by atoms with Gasteiger partial charge in [-0.15, -0.1) is 4.91 Å². The van der Waals surface area contributed by atoms with Crippen molar-refractivity contribution in [2.45, 2.75) is 51.8 Å². The Morgan fingerprint density at radius 1 is 1.00 bits per heavy atom. The summed E-state index contributed by atoms with van der Waals surface area (Å²) < 4.78 is 25.5. The number of aryl methyl sites for hydroxylation is 1. The highest BCUT2D eigenvalue weighted by Gasteiger charge is 2.21. The SMILES string of the molecule is Cc1ccc(CNC(=O)Cc2cccc(CC(C)(C)NC[C@H](O)c3ccc(N=O)c(NS(C)(=O)=O)c3)c2)cc1. The molecule has 39 heavy (non-hydrogen) atoms. The van der Waals surface area contributed by atoms with Gasteiger partial charge in [0.25, 0.3) is 0 Å². The molecular formula is C29H36N4O5S. The molecule has 0 aliphatic carbocycles. The van der Waals surface area contributed by atoms with Crippen molar-refractivity contribution in [2.24, 2.45) is 5.18 Å². The fraction of sp³-hybridized carbons (Fsp3) is 0.345. The second-order valence-corrected chi connectivity index (χ2v) is 12.2. The first kappa shape index (κ1) is 29.9. The largest absolute Gasteiger partial charge is 0.387 e. The Labute approximate surface area is 230 Å². The van der Waals surface area contributed by atoms with Gasteiger partial charge in [0, 0.05) is 18.6 Å². The zero-order chi connectivity index (χ0) is 28.6. The highest BCUT2D eigenvalue weighted by molar-refractivity contribution is 7.92. The van der Waals surface area contributed by atoms with Crippen LogP contribution in [0.5, 0.6) is 0 Å². The smallest absolute Gasteiger partial charge is 0.229 e. The molecule has 3 aromatic carbocycles. The first-order valence-corrected chi connectivity index (χ1v) is 14.5. The Kier molecular flexibility index (Phi) is 9.96. The van der Waals surface area contributed by atoms with Crippen molar-refractivity contribution in [3.63, 3.8) is 0 Å². The van der Waals surface area contributed by atoms with E-state index in [0.29, 0.717) is 18.5 Å². The van der Waals surface area contributed by atoms with Gasteiger partial charge in [-0.1, -0.05) is 60.2 Å². The quantitative estimate of drug-likeness (QED) is 0.234. The number of sulfonamides is 1. The average Bonchev–Trinajstić information content (AvgIpc) is 2.86. The second-order valence-electron chi connectivity index (χ2n) is 10.5. The molecule has 1 atom stereocenters. The van der Waals surface area contributed by atoms with Crippen LogP contribution in [0.1, 0.15) is 47.8 Å². The van der Waals surface area contributed by atoms with Crippen LogP contribution in [0.2, 0.25) is 0 Å². The maximum atomic E-state index is 12.5. The Balaban J connectivity index is 1.56. The number of rotatable bonds is 13. The van der Waals surface area contributed by atoms with E-state index in [2.05, 4.69) is 20.5 Å². The fourth-order valence-electron chi connectivity index (χ4n) is 4.19. The van der Waals surface area contributed by atoms with Gasteiger partial charge in [-0.3, -0.25) is 9.52 Å². The Morgan fingerprint density at radius 3 is 2.36 bits per heavy atom. The lowest BCUT2D eigenvalue weighted by Gasteiger charge is -2.28. The molecule has 0 aliphatic heterocycles. The number of β-amino-alcohol motifs (C(OH)–C–C–N with tert-alkyl or cyclic N) is 1. The molecule has 0 unspecified atom stereocenters. The number of carbonyl (C=O) groups excluding carboxylic acids is 1. The van der Waals surface area contributed by atoms with Crippen molar-refractivity contribution in [1.82, 2.24) is 10.6 Å². The van der Waals surface area contributed by atoms with Crippen LogP contribution in [-0.4, -0.2) is 37.8 Å². The lowest BCUT2D eigenvalue weighted by atomic mass is 9.93. The highest BCUT2D eigenvalue weighted by Crippen LogP contribution is 2.29. The van der Waals surface area contributed by atoms with Gasteiger partial charge in [-0.25, -0.2) is 8.42 Å². The van der Waals surface area contributed by atoms with Crippen molar-refractivity contribution < 1.29 is 18.3 Å². The molecule has 0 saturated heterocycles. The normalized spacial score (nSPS) is 12.5. The summed E-state index contributed by atoms with van der Waals surface area (Å²) in [6.07, 6.45) is 0.949. The average molecular weight is 553 g/mol. The maximum Gasteiger partial charge on any atom is 0.229 e. The zero-order valence-corrected chi connectivity index (χ0v) is 23.5. The standard InChI is InChI=1S/C29H36N4O5S/c1-20-8-10-21(11-9-20)18-30-28(35)15-22-6-5-7-23(14-22)17-29(2,3)31-19-27(34)24-12-13-25(32-36)26(16-24)33-39(4,37)38/h5-14,16,27,31,33-34H,15,17-19H2,1-4H3,(H,30,35)/t27-/m0/s1. The summed E-state index contributed by atoms with van der Waals surface area (Å²) in [5, 5.41) is 19.9. The molecule has 9 nitrogen and oxygen atoms in total. The third-order valence-corrected chi connectivity index (χ3v) is 6.78. The lowest BCUT2D eigenvalue weighted by Crippen LogP contribution is -2.43. The molecule has 0 spiro atoms. The molecule has 3 aromatic rings. The Bertz CT molecular complexity index is 1410. The van der Waals surface area contributed by atoms with Crippen LogP contribution < -0.4 is 15.4 Å². The summed E-state index contributed by atoms with van der Waals surface area (Å²) in [6, 6.07) is 20.2. The number of aliphatic hydroxyl groups is 1. The first-order chi connectivity index (χ1) is 18.3. The van der Waals surface area contributed by atoms with Crippen LogP contribution in [0.25, 0.3) is 0 Å². The number of carbonyl (C=O) groups is 1. The Morgan fingerprint density at radius 2 is 1.69 bits per heavy atom. The van der Waals surface area contributed by atoms with Crippen molar-refractivity contribution in [3.05, 3.63) is 99.5 Å². The molecule has 4 N–H and O–H groups in total. The van der Waals surface area contributed by atoms with E-state index in [9.17, 15) is 23.2 Å². The molecular weight excluding hydrogens is 516 g/mol. The molecule has 0 bridgehead atoms. The summed E-state index contributed by atoms with van der Waals surface area (Å²) in [6.45, 7) is 6.73. The van der Waals surface area contributed by atoms with Crippen LogP contribution in [0.4, 0.5) is 11.4 Å². The summed E-state index contributed by atoms with van der Waals surface area (Å²) in [5.41, 5.74) is 4.19. The number of benzene rings is 3. The number of nitrogens with zero attached hydrogens (tertiary/aromatic N) is 1. The third-order valence-electron chi connectivity index (χ3n) is 6.19. The van der Waals surface area contributed by atoms with Crippen LogP contribution in [-0.2, 0) is 34.2 Å². The number of hydrogen-bond donors (Lipinski definition) is 4. The topological polar surface area (TPSA) is 137 Å². The van der Waals surface area contributed by atoms with Gasteiger partial charge in [0.15, 0.2) is 0 Å². The monoisotopic (exact) mass is 552 g/mol. The van der Waals surface area contributed by atoms with Crippen molar-refractivity contribution in [2.75, 3.05) is 17.5 Å². The molecule has 0 aliphatic rings. The summed E-state index contributed by atoms with van der Waals surface area (Å²) >= 11 is 0. The summed E-state index contributed by atoms with van der Waals surface area (Å²) in [7, 11) is -3.62. The van der Waals surface area contributed by atoms with E-state index >= 15 is 0 Å². The van der Waals surface area contributed by atoms with Crippen molar-refractivity contribution >= 4 is 27.3 Å². The minimum Gasteiger partial charge on any atom is -0.387 e. The number of nitrogens with one attached hydrogen (secondary N) is 3. The highest BCUT2D eigenvalue weighted by atomic mass is 32.2. The molecule has 10 heteroatoms. The van der Waals surface area contributed by atoms with Gasteiger partial charge in [-0.05, 0) is 66.8 Å². The zero-order valence-electron chi connectivity index (χ0n) is 22.7. The van der Waals surface area contributed by atoms with E-state index in [0.717, 1.165) is 22.9 Å². The maximum absolute atomic E-state index is 12.5. The van der Waals surface area contributed by atoms with E-state index in [-0.39, 0.29) is 30.2 Å². The summed E-state index contributed by atoms with van der Waals surface area (Å²) in [4.78, 5) is 23.5. The van der Waals surface area contributed by atoms with Gasteiger partial charge in [0.2, 0.25) is 15.9 Å². The van der Waals surface area contributed by atoms with E-state index in [1.54, 1.807) is 0 Å². The predicted octanol–water partition coefficient (Wildman–Crippen LogP) is 4.27. The molecule has 208 valence electrons.